The van der Waals surface area contributed by atoms with E-state index in [2.05, 4.69) is 10.4 Å². The Morgan fingerprint density at radius 3 is 2.19 bits per heavy atom. The highest BCUT2D eigenvalue weighted by Gasteiger charge is 2.20. The molecule has 32 heavy (non-hydrogen) atoms. The van der Waals surface area contributed by atoms with Gasteiger partial charge in [-0.25, -0.2) is 0 Å². The fourth-order valence-corrected chi connectivity index (χ4v) is 3.69. The lowest BCUT2D eigenvalue weighted by Crippen LogP contribution is -2.17. The third-order valence-corrected chi connectivity index (χ3v) is 5.66. The van der Waals surface area contributed by atoms with Gasteiger partial charge in [0.25, 0.3) is 5.91 Å². The molecule has 0 aliphatic heterocycles. The average molecular weight is 485 g/mol. The molecule has 160 valence electrons. The molecular formula is C24H16Cl3N3O2. The van der Waals surface area contributed by atoms with Crippen molar-refractivity contribution in [3.8, 4) is 0 Å². The molecule has 1 heterocycles. The predicted octanol–water partition coefficient (Wildman–Crippen LogP) is 6.37. The molecule has 0 spiro atoms. The Balaban J connectivity index is 1.56. The van der Waals surface area contributed by atoms with Gasteiger partial charge in [-0.2, -0.15) is 5.10 Å². The lowest BCUT2D eigenvalue weighted by atomic mass is 9.98. The average Bonchev–Trinajstić information content (AvgIpc) is 3.14. The second-order valence-corrected chi connectivity index (χ2v) is 8.20. The number of hydrogen-bond acceptors (Lipinski definition) is 3. The van der Waals surface area contributed by atoms with Gasteiger partial charge in [0.1, 0.15) is 5.02 Å². The van der Waals surface area contributed by atoms with Crippen LogP contribution in [0.3, 0.4) is 0 Å². The van der Waals surface area contributed by atoms with Gasteiger partial charge < -0.3 is 5.32 Å². The number of hydrogen-bond donors (Lipinski definition) is 1. The maximum absolute atomic E-state index is 13.0. The Kier molecular flexibility index (Phi) is 6.61. The predicted molar refractivity (Wildman–Crippen MR) is 127 cm³/mol. The Bertz CT molecular complexity index is 1300. The smallest absolute Gasteiger partial charge is 0.257 e. The standard InChI is InChI=1S/C24H16Cl3N3O2/c25-17-11-9-15(10-12-17)22(31)18-6-2-3-7-19(18)24(32)28-23-21(27)14-30(29-23)13-16-5-1-4-8-20(16)26/h1-12,14H,13H2,(H,28,29,32). The SMILES string of the molecule is O=C(Nc1nn(Cc2ccccc2Cl)cc1Cl)c1ccccc1C(=O)c1ccc(Cl)cc1. The first-order valence-electron chi connectivity index (χ1n) is 9.59. The van der Waals surface area contributed by atoms with E-state index in [1.807, 2.05) is 18.2 Å². The fraction of sp³-hybridized carbons (Fsp3) is 0.0417. The van der Waals surface area contributed by atoms with Crippen LogP contribution in [0.25, 0.3) is 0 Å². The van der Waals surface area contributed by atoms with Crippen molar-refractivity contribution in [1.82, 2.24) is 9.78 Å². The van der Waals surface area contributed by atoms with Gasteiger partial charge in [-0.1, -0.05) is 71.2 Å². The summed E-state index contributed by atoms with van der Waals surface area (Å²) in [5.41, 5.74) is 1.77. The molecule has 1 amide bonds. The Labute approximate surface area is 199 Å². The molecule has 0 aliphatic carbocycles. The number of amides is 1. The number of benzene rings is 3. The van der Waals surface area contributed by atoms with E-state index in [9.17, 15) is 9.59 Å². The highest BCUT2D eigenvalue weighted by molar-refractivity contribution is 6.33. The minimum Gasteiger partial charge on any atom is -0.304 e. The number of aromatic nitrogens is 2. The third-order valence-electron chi connectivity index (χ3n) is 4.76. The van der Waals surface area contributed by atoms with Gasteiger partial charge in [0.15, 0.2) is 11.6 Å². The molecular weight excluding hydrogens is 469 g/mol. The van der Waals surface area contributed by atoms with Gasteiger partial charge in [-0.15, -0.1) is 0 Å². The summed E-state index contributed by atoms with van der Waals surface area (Å²) < 4.78 is 1.59. The van der Waals surface area contributed by atoms with Crippen LogP contribution in [0.4, 0.5) is 5.82 Å². The van der Waals surface area contributed by atoms with Gasteiger partial charge in [-0.3, -0.25) is 14.3 Å². The van der Waals surface area contributed by atoms with Crippen LogP contribution in [0.2, 0.25) is 15.1 Å². The van der Waals surface area contributed by atoms with Gasteiger partial charge in [-0.05, 0) is 42.0 Å². The summed E-state index contributed by atoms with van der Waals surface area (Å²) >= 11 is 18.4. The lowest BCUT2D eigenvalue weighted by Gasteiger charge is -2.09. The molecule has 0 saturated carbocycles. The van der Waals surface area contributed by atoms with E-state index in [0.717, 1.165) is 5.56 Å². The maximum Gasteiger partial charge on any atom is 0.257 e. The molecule has 3 aromatic carbocycles. The zero-order valence-corrected chi connectivity index (χ0v) is 18.8. The summed E-state index contributed by atoms with van der Waals surface area (Å²) in [6.45, 7) is 0.390. The Morgan fingerprint density at radius 1 is 0.812 bits per heavy atom. The highest BCUT2D eigenvalue weighted by atomic mass is 35.5. The molecule has 0 unspecified atom stereocenters. The van der Waals surface area contributed by atoms with E-state index < -0.39 is 5.91 Å². The molecule has 4 aromatic rings. The number of rotatable bonds is 6. The van der Waals surface area contributed by atoms with Crippen LogP contribution in [0, 0.1) is 0 Å². The minimum atomic E-state index is -0.493. The van der Waals surface area contributed by atoms with Crippen molar-refractivity contribution < 1.29 is 9.59 Å². The van der Waals surface area contributed by atoms with E-state index in [1.165, 1.54) is 0 Å². The molecule has 4 rings (SSSR count). The molecule has 0 atom stereocenters. The van der Waals surface area contributed by atoms with E-state index >= 15 is 0 Å². The van der Waals surface area contributed by atoms with E-state index in [-0.39, 0.29) is 27.8 Å². The molecule has 0 aliphatic rings. The molecule has 0 bridgehead atoms. The van der Waals surface area contributed by atoms with E-state index in [0.29, 0.717) is 22.2 Å². The first-order chi connectivity index (χ1) is 15.4. The Morgan fingerprint density at radius 2 is 1.47 bits per heavy atom. The van der Waals surface area contributed by atoms with Gasteiger partial charge in [0.05, 0.1) is 12.1 Å². The maximum atomic E-state index is 13.0. The molecule has 5 nitrogen and oxygen atoms in total. The number of carbonyl (C=O) groups excluding carboxylic acids is 2. The van der Waals surface area contributed by atoms with Gasteiger partial charge in [0.2, 0.25) is 0 Å². The second-order valence-electron chi connectivity index (χ2n) is 6.95. The van der Waals surface area contributed by atoms with Crippen LogP contribution in [0.1, 0.15) is 31.8 Å². The zero-order valence-electron chi connectivity index (χ0n) is 16.6. The largest absolute Gasteiger partial charge is 0.304 e. The van der Waals surface area contributed by atoms with Crippen LogP contribution in [-0.4, -0.2) is 21.5 Å². The molecule has 1 aromatic heterocycles. The van der Waals surface area contributed by atoms with Crippen molar-refractivity contribution in [3.05, 3.63) is 116 Å². The molecule has 8 heteroatoms. The fourth-order valence-electron chi connectivity index (χ4n) is 3.17. The molecule has 0 radical (unpaired) electrons. The summed E-state index contributed by atoms with van der Waals surface area (Å²) in [6.07, 6.45) is 1.60. The van der Waals surface area contributed by atoms with E-state index in [4.69, 9.17) is 34.8 Å². The number of ketones is 1. The normalized spacial score (nSPS) is 10.7. The van der Waals surface area contributed by atoms with Crippen LogP contribution < -0.4 is 5.32 Å². The summed E-state index contributed by atoms with van der Waals surface area (Å²) in [5, 5.41) is 8.45. The Hall–Kier alpha value is -3.12. The molecule has 1 N–H and O–H groups in total. The first kappa shape index (κ1) is 22.1. The molecule has 0 fully saturated rings. The summed E-state index contributed by atoms with van der Waals surface area (Å²) in [5.74, 6) is -0.590. The number of halogens is 3. The van der Waals surface area contributed by atoms with Crippen molar-refractivity contribution in [1.29, 1.82) is 0 Å². The second kappa shape index (κ2) is 9.57. The highest BCUT2D eigenvalue weighted by Crippen LogP contribution is 2.24. The van der Waals surface area contributed by atoms with Gasteiger partial charge >= 0.3 is 0 Å². The van der Waals surface area contributed by atoms with Crippen LogP contribution in [-0.2, 0) is 6.54 Å². The zero-order chi connectivity index (χ0) is 22.7. The van der Waals surface area contributed by atoms with Crippen molar-refractivity contribution in [3.63, 3.8) is 0 Å². The summed E-state index contributed by atoms with van der Waals surface area (Å²) in [7, 11) is 0. The van der Waals surface area contributed by atoms with Crippen LogP contribution in [0.15, 0.2) is 79.0 Å². The number of carbonyl (C=O) groups is 2. The number of anilines is 1. The summed E-state index contributed by atoms with van der Waals surface area (Å²) in [4.78, 5) is 25.9. The molecule has 0 saturated heterocycles. The third kappa shape index (κ3) is 4.86. The van der Waals surface area contributed by atoms with Crippen molar-refractivity contribution in [2.75, 3.05) is 5.32 Å². The minimum absolute atomic E-state index is 0.192. The summed E-state index contributed by atoms with van der Waals surface area (Å²) in [6, 6.07) is 20.5. The van der Waals surface area contributed by atoms with Crippen molar-refractivity contribution >= 4 is 52.3 Å². The van der Waals surface area contributed by atoms with Crippen molar-refractivity contribution in [2.45, 2.75) is 6.54 Å². The van der Waals surface area contributed by atoms with Crippen LogP contribution >= 0.6 is 34.8 Å². The van der Waals surface area contributed by atoms with Gasteiger partial charge in [0, 0.05) is 27.4 Å². The number of nitrogens with zero attached hydrogens (tertiary/aromatic N) is 2. The topological polar surface area (TPSA) is 64.0 Å². The van der Waals surface area contributed by atoms with Crippen LogP contribution in [0.5, 0.6) is 0 Å². The lowest BCUT2D eigenvalue weighted by molar-refractivity contribution is 0.0996. The quantitative estimate of drug-likeness (QED) is 0.323. The monoisotopic (exact) mass is 483 g/mol. The van der Waals surface area contributed by atoms with Crippen molar-refractivity contribution in [2.24, 2.45) is 0 Å². The number of nitrogens with one attached hydrogen (secondary N) is 1. The van der Waals surface area contributed by atoms with E-state index in [1.54, 1.807) is 65.5 Å². The first-order valence-corrected chi connectivity index (χ1v) is 10.7.